The Hall–Kier alpha value is -3.08. The van der Waals surface area contributed by atoms with Crippen LogP contribution in [0.1, 0.15) is 66.9 Å². The molecule has 2 aromatic rings. The molecule has 1 atom stereocenters. The van der Waals surface area contributed by atoms with Gasteiger partial charge in [-0.15, -0.1) is 0 Å². The normalized spacial score (nSPS) is 19.3. The molecule has 2 aromatic carbocycles. The molecule has 1 aliphatic heterocycles. The predicted octanol–water partition coefficient (Wildman–Crippen LogP) is 5.45. The first-order valence-corrected chi connectivity index (χ1v) is 10.5. The van der Waals surface area contributed by atoms with Crippen LogP contribution in [0.2, 0.25) is 0 Å². The molecule has 1 N–H and O–H groups in total. The fraction of sp³-hybridized carbons (Fsp3) is 0.360. The number of fused-ring (bicyclic) bond motifs is 1. The molecule has 0 unspecified atom stereocenters. The minimum Gasteiger partial charge on any atom is -0.507 e. The zero-order valence-corrected chi connectivity index (χ0v) is 17.3. The first-order valence-electron chi connectivity index (χ1n) is 10.5. The maximum absolute atomic E-state index is 12.7. The van der Waals surface area contributed by atoms with Gasteiger partial charge in [-0.2, -0.15) is 0 Å². The standard InChI is InChI=1S/C25H28O5/c1-18-9-8-14-21(26)13-7-3-6-12-20-15-22(16-23(27)24(20)25(28)30-18)29-17-19-10-4-2-5-11-19/h2,4-6,10-12,15-16,18,27H,3,7-9,13-14,17H2,1H3/b12-6+/t18-/m0/s1. The van der Waals surface area contributed by atoms with Crippen molar-refractivity contribution in [2.75, 3.05) is 0 Å². The highest BCUT2D eigenvalue weighted by atomic mass is 16.5. The summed E-state index contributed by atoms with van der Waals surface area (Å²) in [6.07, 6.45) is 7.20. The number of cyclic esters (lactones) is 1. The lowest BCUT2D eigenvalue weighted by Crippen LogP contribution is -2.17. The summed E-state index contributed by atoms with van der Waals surface area (Å²) < 4.78 is 11.3. The molecule has 0 saturated carbocycles. The van der Waals surface area contributed by atoms with Crippen molar-refractivity contribution in [1.82, 2.24) is 0 Å². The summed E-state index contributed by atoms with van der Waals surface area (Å²) in [6, 6.07) is 12.9. The second-order valence-corrected chi connectivity index (χ2v) is 7.62. The molecule has 0 aromatic heterocycles. The summed E-state index contributed by atoms with van der Waals surface area (Å²) in [5, 5.41) is 10.6. The Morgan fingerprint density at radius 3 is 2.67 bits per heavy atom. The Balaban J connectivity index is 1.85. The second kappa shape index (κ2) is 10.6. The molecule has 0 fully saturated rings. The van der Waals surface area contributed by atoms with Crippen molar-refractivity contribution in [3.05, 3.63) is 65.2 Å². The molecule has 0 amide bonds. The van der Waals surface area contributed by atoms with Gasteiger partial charge in [-0.1, -0.05) is 42.5 Å². The largest absolute Gasteiger partial charge is 0.507 e. The summed E-state index contributed by atoms with van der Waals surface area (Å²) in [4.78, 5) is 24.7. The van der Waals surface area contributed by atoms with Crippen molar-refractivity contribution in [3.63, 3.8) is 0 Å². The van der Waals surface area contributed by atoms with Crippen LogP contribution in [-0.4, -0.2) is 23.0 Å². The number of phenolic OH excluding ortho intramolecular Hbond substituents is 1. The topological polar surface area (TPSA) is 72.8 Å². The molecule has 1 aliphatic rings. The van der Waals surface area contributed by atoms with Gasteiger partial charge in [-0.3, -0.25) is 4.79 Å². The van der Waals surface area contributed by atoms with Crippen molar-refractivity contribution in [2.45, 2.75) is 58.2 Å². The van der Waals surface area contributed by atoms with Gasteiger partial charge in [0.1, 0.15) is 29.5 Å². The Morgan fingerprint density at radius 2 is 1.87 bits per heavy atom. The summed E-state index contributed by atoms with van der Waals surface area (Å²) in [6.45, 7) is 2.16. The van der Waals surface area contributed by atoms with Gasteiger partial charge in [-0.05, 0) is 49.8 Å². The molecule has 3 rings (SSSR count). The number of phenols is 1. The number of ether oxygens (including phenoxy) is 2. The molecule has 0 spiro atoms. The SMILES string of the molecule is C[C@H]1CCCC(=O)CCC/C=C/c2cc(OCc3ccccc3)cc(O)c2C(=O)O1. The van der Waals surface area contributed by atoms with Crippen molar-refractivity contribution in [2.24, 2.45) is 0 Å². The van der Waals surface area contributed by atoms with Crippen LogP contribution in [0.15, 0.2) is 48.5 Å². The van der Waals surface area contributed by atoms with Gasteiger partial charge >= 0.3 is 5.97 Å². The monoisotopic (exact) mass is 408 g/mol. The number of ketones is 1. The summed E-state index contributed by atoms with van der Waals surface area (Å²) in [5.74, 6) is -0.0251. The van der Waals surface area contributed by atoms with Crippen LogP contribution in [0.5, 0.6) is 11.5 Å². The van der Waals surface area contributed by atoms with Crippen LogP contribution in [-0.2, 0) is 16.1 Å². The number of carbonyl (C=O) groups excluding carboxylic acids is 2. The first-order chi connectivity index (χ1) is 14.5. The van der Waals surface area contributed by atoms with Gasteiger partial charge in [-0.25, -0.2) is 4.79 Å². The minimum absolute atomic E-state index is 0.137. The van der Waals surface area contributed by atoms with Gasteiger partial charge in [0.05, 0.1) is 6.10 Å². The van der Waals surface area contributed by atoms with Crippen molar-refractivity contribution < 1.29 is 24.2 Å². The maximum atomic E-state index is 12.7. The van der Waals surface area contributed by atoms with E-state index in [1.807, 2.05) is 36.4 Å². The van der Waals surface area contributed by atoms with E-state index >= 15 is 0 Å². The van der Waals surface area contributed by atoms with E-state index in [1.165, 1.54) is 6.07 Å². The molecule has 0 radical (unpaired) electrons. The van der Waals surface area contributed by atoms with Gasteiger partial charge in [0.25, 0.3) is 0 Å². The van der Waals surface area contributed by atoms with Gasteiger partial charge in [0, 0.05) is 18.9 Å². The van der Waals surface area contributed by atoms with Crippen molar-refractivity contribution in [3.8, 4) is 11.5 Å². The fourth-order valence-corrected chi connectivity index (χ4v) is 3.44. The Morgan fingerprint density at radius 1 is 1.10 bits per heavy atom. The lowest BCUT2D eigenvalue weighted by Gasteiger charge is -2.16. The van der Waals surface area contributed by atoms with E-state index in [9.17, 15) is 14.7 Å². The Bertz CT molecular complexity index is 901. The van der Waals surface area contributed by atoms with Crippen LogP contribution in [0, 0.1) is 0 Å². The van der Waals surface area contributed by atoms with Crippen LogP contribution in [0.3, 0.4) is 0 Å². The van der Waals surface area contributed by atoms with Crippen molar-refractivity contribution >= 4 is 17.8 Å². The molecule has 0 saturated heterocycles. The Kier molecular flexibility index (Phi) is 7.66. The zero-order valence-electron chi connectivity index (χ0n) is 17.3. The van der Waals surface area contributed by atoms with Crippen LogP contribution in [0.4, 0.5) is 0 Å². The van der Waals surface area contributed by atoms with Gasteiger partial charge in [0.2, 0.25) is 0 Å². The quantitative estimate of drug-likeness (QED) is 0.684. The fourth-order valence-electron chi connectivity index (χ4n) is 3.44. The van der Waals surface area contributed by atoms with Gasteiger partial charge < -0.3 is 14.6 Å². The highest BCUT2D eigenvalue weighted by Gasteiger charge is 2.21. The third-order valence-electron chi connectivity index (χ3n) is 5.07. The first kappa shape index (κ1) is 21.6. The van der Waals surface area contributed by atoms with Crippen LogP contribution < -0.4 is 4.74 Å². The van der Waals surface area contributed by atoms with E-state index < -0.39 is 5.97 Å². The zero-order chi connectivity index (χ0) is 21.3. The van der Waals surface area contributed by atoms with E-state index in [1.54, 1.807) is 19.1 Å². The number of esters is 1. The molecular formula is C25H28O5. The molecule has 1 heterocycles. The highest BCUT2D eigenvalue weighted by molar-refractivity contribution is 5.97. The number of hydrogen-bond donors (Lipinski definition) is 1. The lowest BCUT2D eigenvalue weighted by molar-refractivity contribution is -0.119. The molecule has 5 nitrogen and oxygen atoms in total. The third-order valence-corrected chi connectivity index (χ3v) is 5.07. The van der Waals surface area contributed by atoms with E-state index in [0.717, 1.165) is 12.0 Å². The van der Waals surface area contributed by atoms with E-state index in [2.05, 4.69) is 0 Å². The minimum atomic E-state index is -0.572. The summed E-state index contributed by atoms with van der Waals surface area (Å²) in [5.41, 5.74) is 1.68. The number of benzene rings is 2. The number of hydrogen-bond acceptors (Lipinski definition) is 5. The summed E-state index contributed by atoms with van der Waals surface area (Å²) in [7, 11) is 0. The molecule has 0 bridgehead atoms. The molecule has 158 valence electrons. The lowest BCUT2D eigenvalue weighted by atomic mass is 10.0. The Labute approximate surface area is 177 Å². The molecule has 5 heteroatoms. The average Bonchev–Trinajstić information content (AvgIpc) is 2.72. The van der Waals surface area contributed by atoms with Crippen LogP contribution >= 0.6 is 0 Å². The number of allylic oxidation sites excluding steroid dienone is 1. The highest BCUT2D eigenvalue weighted by Crippen LogP contribution is 2.31. The number of Topliss-reactive ketones (excluding diaryl/α,β-unsaturated/α-hetero) is 1. The summed E-state index contributed by atoms with van der Waals surface area (Å²) >= 11 is 0. The number of aromatic hydroxyl groups is 1. The van der Waals surface area contributed by atoms with Gasteiger partial charge in [0.15, 0.2) is 0 Å². The smallest absolute Gasteiger partial charge is 0.342 e. The maximum Gasteiger partial charge on any atom is 0.342 e. The van der Waals surface area contributed by atoms with E-state index in [-0.39, 0.29) is 23.2 Å². The van der Waals surface area contributed by atoms with E-state index in [4.69, 9.17) is 9.47 Å². The van der Waals surface area contributed by atoms with Crippen molar-refractivity contribution in [1.29, 1.82) is 0 Å². The predicted molar refractivity (Wildman–Crippen MR) is 116 cm³/mol. The third kappa shape index (κ3) is 6.21. The van der Waals surface area contributed by atoms with E-state index in [0.29, 0.717) is 50.0 Å². The second-order valence-electron chi connectivity index (χ2n) is 7.62. The van der Waals surface area contributed by atoms with Crippen LogP contribution in [0.25, 0.3) is 6.08 Å². The number of rotatable bonds is 3. The molecular weight excluding hydrogens is 380 g/mol. The number of carbonyl (C=O) groups is 2. The molecule has 0 aliphatic carbocycles. The molecule has 30 heavy (non-hydrogen) atoms. The average molecular weight is 408 g/mol.